The van der Waals surface area contributed by atoms with Crippen LogP contribution in [0.2, 0.25) is 0 Å². The fraction of sp³-hybridized carbons (Fsp3) is 0.333. The summed E-state index contributed by atoms with van der Waals surface area (Å²) in [5, 5.41) is 0. The molecule has 0 amide bonds. The largest absolute Gasteiger partial charge is 0.416 e. The molecule has 8 heteroatoms. The van der Waals surface area contributed by atoms with Crippen LogP contribution in [0.3, 0.4) is 0 Å². The van der Waals surface area contributed by atoms with Gasteiger partial charge in [0, 0.05) is 0 Å². The average Bonchev–Trinajstić information content (AvgIpc) is 2.14. The van der Waals surface area contributed by atoms with Crippen molar-refractivity contribution in [3.05, 3.63) is 34.9 Å². The van der Waals surface area contributed by atoms with Gasteiger partial charge < -0.3 is 0 Å². The molecule has 1 aromatic carbocycles. The van der Waals surface area contributed by atoms with E-state index in [4.69, 9.17) is 0 Å². The van der Waals surface area contributed by atoms with Gasteiger partial charge in [-0.1, -0.05) is 31.9 Å². The van der Waals surface area contributed by atoms with E-state index in [9.17, 15) is 26.3 Å². The Morgan fingerprint density at radius 3 is 1.35 bits per heavy atom. The molecule has 1 rings (SSSR count). The SMILES string of the molecule is FC(F)(F)c1cc(C(Br)Br)cc(C(F)(F)F)c1. The minimum atomic E-state index is -4.81. The van der Waals surface area contributed by atoms with Crippen molar-refractivity contribution >= 4 is 31.9 Å². The summed E-state index contributed by atoms with van der Waals surface area (Å²) in [4.78, 5) is 0. The van der Waals surface area contributed by atoms with E-state index in [-0.39, 0.29) is 11.6 Å². The second kappa shape index (κ2) is 4.79. The van der Waals surface area contributed by atoms with Gasteiger partial charge in [-0.05, 0) is 23.8 Å². The molecule has 0 atom stereocenters. The van der Waals surface area contributed by atoms with Gasteiger partial charge in [0.15, 0.2) is 0 Å². The quantitative estimate of drug-likeness (QED) is 0.441. The maximum absolute atomic E-state index is 12.4. The molecule has 0 fully saturated rings. The van der Waals surface area contributed by atoms with Crippen LogP contribution < -0.4 is 0 Å². The Morgan fingerprint density at radius 1 is 0.765 bits per heavy atom. The van der Waals surface area contributed by atoms with Gasteiger partial charge in [-0.15, -0.1) is 0 Å². The second-order valence-corrected chi connectivity index (χ2v) is 6.20. The molecule has 0 aliphatic rings. The predicted octanol–water partition coefficient (Wildman–Crippen LogP) is 5.51. The number of halogens is 8. The summed E-state index contributed by atoms with van der Waals surface area (Å²) in [6.45, 7) is 0. The van der Waals surface area contributed by atoms with E-state index in [0.29, 0.717) is 12.1 Å². The summed E-state index contributed by atoms with van der Waals surface area (Å²) in [6.07, 6.45) is -9.63. The summed E-state index contributed by atoms with van der Waals surface area (Å²) in [7, 11) is 0. The van der Waals surface area contributed by atoms with Gasteiger partial charge in [0.05, 0.1) is 14.9 Å². The van der Waals surface area contributed by atoms with Gasteiger partial charge in [0.2, 0.25) is 0 Å². The Bertz CT molecular complexity index is 375. The number of hydrogen-bond donors (Lipinski definition) is 0. The highest BCUT2D eigenvalue weighted by atomic mass is 79.9. The molecule has 0 bridgehead atoms. The lowest BCUT2D eigenvalue weighted by Gasteiger charge is -2.14. The smallest absolute Gasteiger partial charge is 0.166 e. The van der Waals surface area contributed by atoms with E-state index in [1.165, 1.54) is 0 Å². The Balaban J connectivity index is 3.40. The molecule has 0 saturated heterocycles. The standard InChI is InChI=1S/C9H4Br2F6/c10-7(11)4-1-5(8(12,13)14)3-6(2-4)9(15,16)17/h1-3,7H. The fourth-order valence-corrected chi connectivity index (χ4v) is 1.63. The Kier molecular flexibility index (Phi) is 4.18. The van der Waals surface area contributed by atoms with Crippen LogP contribution in [0.25, 0.3) is 0 Å². The molecule has 17 heavy (non-hydrogen) atoms. The Labute approximate surface area is 109 Å². The molecular weight excluding hydrogens is 382 g/mol. The molecule has 0 nitrogen and oxygen atoms in total. The molecule has 0 aromatic heterocycles. The van der Waals surface area contributed by atoms with E-state index < -0.39 is 27.2 Å². The lowest BCUT2D eigenvalue weighted by molar-refractivity contribution is -0.143. The normalized spacial score (nSPS) is 13.2. The zero-order valence-corrected chi connectivity index (χ0v) is 11.0. The maximum atomic E-state index is 12.4. The van der Waals surface area contributed by atoms with Gasteiger partial charge in [-0.25, -0.2) is 0 Å². The number of benzene rings is 1. The third kappa shape index (κ3) is 3.87. The molecule has 0 unspecified atom stereocenters. The van der Waals surface area contributed by atoms with Gasteiger partial charge in [-0.2, -0.15) is 26.3 Å². The molecule has 1 aromatic rings. The second-order valence-electron chi connectivity index (χ2n) is 3.14. The molecule has 0 heterocycles. The van der Waals surface area contributed by atoms with Crippen molar-refractivity contribution in [1.29, 1.82) is 0 Å². The lowest BCUT2D eigenvalue weighted by atomic mass is 10.1. The van der Waals surface area contributed by atoms with Crippen molar-refractivity contribution in [2.75, 3.05) is 0 Å². The third-order valence-electron chi connectivity index (χ3n) is 1.86. The lowest BCUT2D eigenvalue weighted by Crippen LogP contribution is -2.11. The Hall–Kier alpha value is -0.240. The molecule has 0 saturated carbocycles. The first-order valence-corrected chi connectivity index (χ1v) is 5.92. The molecular formula is C9H4Br2F6. The zero-order chi connectivity index (χ0) is 13.4. The molecule has 0 spiro atoms. The van der Waals surface area contributed by atoms with Gasteiger partial charge in [0.25, 0.3) is 0 Å². The summed E-state index contributed by atoms with van der Waals surface area (Å²) in [5.41, 5.74) is -2.80. The van der Waals surface area contributed by atoms with Crippen LogP contribution in [-0.4, -0.2) is 0 Å². The Morgan fingerprint density at radius 2 is 1.12 bits per heavy atom. The van der Waals surface area contributed by atoms with Crippen molar-refractivity contribution in [2.45, 2.75) is 16.1 Å². The van der Waals surface area contributed by atoms with Crippen molar-refractivity contribution < 1.29 is 26.3 Å². The van der Waals surface area contributed by atoms with Crippen molar-refractivity contribution in [2.24, 2.45) is 0 Å². The summed E-state index contributed by atoms with van der Waals surface area (Å²) in [5.74, 6) is 0. The molecule has 0 radical (unpaired) electrons. The van der Waals surface area contributed by atoms with Gasteiger partial charge in [0.1, 0.15) is 0 Å². The first kappa shape index (κ1) is 14.8. The van der Waals surface area contributed by atoms with E-state index in [0.717, 1.165) is 0 Å². The maximum Gasteiger partial charge on any atom is 0.416 e. The fourth-order valence-electron chi connectivity index (χ4n) is 1.10. The first-order chi connectivity index (χ1) is 7.51. The number of alkyl halides is 8. The van der Waals surface area contributed by atoms with Crippen molar-refractivity contribution in [3.63, 3.8) is 0 Å². The average molecular weight is 386 g/mol. The van der Waals surface area contributed by atoms with Crippen LogP contribution in [0, 0.1) is 0 Å². The highest BCUT2D eigenvalue weighted by molar-refractivity contribution is 9.24. The minimum Gasteiger partial charge on any atom is -0.166 e. The van der Waals surface area contributed by atoms with Crippen LogP contribution in [0.4, 0.5) is 26.3 Å². The van der Waals surface area contributed by atoms with Crippen LogP contribution >= 0.6 is 31.9 Å². The molecule has 0 aliphatic heterocycles. The van der Waals surface area contributed by atoms with Crippen LogP contribution in [0.15, 0.2) is 18.2 Å². The minimum absolute atomic E-state index is 0.0892. The molecule has 96 valence electrons. The van der Waals surface area contributed by atoms with Crippen LogP contribution in [0.1, 0.15) is 20.4 Å². The highest BCUT2D eigenvalue weighted by Gasteiger charge is 2.37. The van der Waals surface area contributed by atoms with Crippen LogP contribution in [0.5, 0.6) is 0 Å². The van der Waals surface area contributed by atoms with E-state index in [1.54, 1.807) is 0 Å². The number of rotatable bonds is 1. The third-order valence-corrected chi connectivity index (χ3v) is 2.92. The highest BCUT2D eigenvalue weighted by Crippen LogP contribution is 2.40. The molecule has 0 aliphatic carbocycles. The van der Waals surface area contributed by atoms with E-state index in [1.807, 2.05) is 0 Å². The van der Waals surface area contributed by atoms with Gasteiger partial charge in [-0.3, -0.25) is 0 Å². The zero-order valence-electron chi connectivity index (χ0n) is 7.83. The van der Waals surface area contributed by atoms with E-state index in [2.05, 4.69) is 31.9 Å². The van der Waals surface area contributed by atoms with E-state index >= 15 is 0 Å². The number of hydrogen-bond acceptors (Lipinski definition) is 0. The van der Waals surface area contributed by atoms with Crippen molar-refractivity contribution in [1.82, 2.24) is 0 Å². The first-order valence-electron chi connectivity index (χ1n) is 4.09. The van der Waals surface area contributed by atoms with Crippen LogP contribution in [-0.2, 0) is 12.4 Å². The predicted molar refractivity (Wildman–Crippen MR) is 57.0 cm³/mol. The summed E-state index contributed by atoms with van der Waals surface area (Å²) < 4.78 is 73.6. The van der Waals surface area contributed by atoms with Crippen molar-refractivity contribution in [3.8, 4) is 0 Å². The van der Waals surface area contributed by atoms with Gasteiger partial charge >= 0.3 is 12.4 Å². The molecule has 0 N–H and O–H groups in total. The topological polar surface area (TPSA) is 0 Å². The monoisotopic (exact) mass is 384 g/mol. The summed E-state index contributed by atoms with van der Waals surface area (Å²) >= 11 is 5.73. The summed E-state index contributed by atoms with van der Waals surface area (Å²) in [6, 6.07) is 1.40.